The minimum atomic E-state index is -3.70. The average Bonchev–Trinajstić information content (AvgIpc) is 3.34. The summed E-state index contributed by atoms with van der Waals surface area (Å²) in [5.74, 6) is -0.113. The monoisotopic (exact) mass is 379 g/mol. The Morgan fingerprint density at radius 1 is 1.44 bits per heavy atom. The molecular weight excluding hydrogens is 362 g/mol. The second-order valence-electron chi connectivity index (χ2n) is 6.22. The van der Waals surface area contributed by atoms with E-state index in [-0.39, 0.29) is 23.3 Å². The molecule has 0 bridgehead atoms. The molecule has 0 aliphatic carbocycles. The Hall–Kier alpha value is -1.81. The van der Waals surface area contributed by atoms with Crippen LogP contribution in [0.25, 0.3) is 11.1 Å². The summed E-state index contributed by atoms with van der Waals surface area (Å²) >= 11 is 1.57. The van der Waals surface area contributed by atoms with Gasteiger partial charge in [-0.1, -0.05) is 5.16 Å². The number of sulfonamides is 1. The molecule has 4 rings (SSSR count). The van der Waals surface area contributed by atoms with Gasteiger partial charge in [0.25, 0.3) is 5.71 Å². The number of hydrogen-bond donors (Lipinski definition) is 1. The van der Waals surface area contributed by atoms with Gasteiger partial charge in [0.05, 0.1) is 17.3 Å². The van der Waals surface area contributed by atoms with Crippen LogP contribution in [0, 0.1) is 12.8 Å². The number of aliphatic hydroxyl groups is 1. The molecule has 0 radical (unpaired) electrons. The van der Waals surface area contributed by atoms with Gasteiger partial charge in [-0.3, -0.25) is 0 Å². The number of pyridine rings is 1. The molecule has 0 saturated carbocycles. The van der Waals surface area contributed by atoms with Crippen LogP contribution in [0.1, 0.15) is 17.2 Å². The zero-order valence-corrected chi connectivity index (χ0v) is 15.1. The van der Waals surface area contributed by atoms with Gasteiger partial charge in [0.15, 0.2) is 0 Å². The Morgan fingerprint density at radius 3 is 3.00 bits per heavy atom. The van der Waals surface area contributed by atoms with Crippen molar-refractivity contribution in [3.05, 3.63) is 40.3 Å². The van der Waals surface area contributed by atoms with Gasteiger partial charge in [-0.2, -0.15) is 15.6 Å². The second kappa shape index (κ2) is 6.17. The molecule has 2 atom stereocenters. The third-order valence-corrected chi connectivity index (χ3v) is 7.23. The van der Waals surface area contributed by atoms with Crippen LogP contribution in [0.4, 0.5) is 0 Å². The molecule has 1 aliphatic rings. The number of thiophene rings is 1. The van der Waals surface area contributed by atoms with Gasteiger partial charge >= 0.3 is 0 Å². The van der Waals surface area contributed by atoms with Crippen molar-refractivity contribution in [1.29, 1.82) is 0 Å². The third kappa shape index (κ3) is 2.77. The van der Waals surface area contributed by atoms with Gasteiger partial charge in [0, 0.05) is 31.5 Å². The van der Waals surface area contributed by atoms with Crippen LogP contribution in [-0.2, 0) is 10.0 Å². The number of aliphatic hydroxyl groups excluding tert-OH is 1. The second-order valence-corrected chi connectivity index (χ2v) is 8.94. The maximum absolute atomic E-state index is 13.0. The zero-order chi connectivity index (χ0) is 17.6. The number of hydrogen-bond acceptors (Lipinski definition) is 7. The summed E-state index contributed by atoms with van der Waals surface area (Å²) < 4.78 is 32.6. The molecule has 1 fully saturated rings. The lowest BCUT2D eigenvalue weighted by molar-refractivity contribution is 0.223. The van der Waals surface area contributed by atoms with Crippen molar-refractivity contribution in [2.24, 2.45) is 5.92 Å². The van der Waals surface area contributed by atoms with Gasteiger partial charge in [-0.25, -0.2) is 13.4 Å². The van der Waals surface area contributed by atoms with Gasteiger partial charge in [0.1, 0.15) is 4.90 Å². The fraction of sp³-hybridized carbons (Fsp3) is 0.375. The number of fused-ring (bicyclic) bond motifs is 1. The predicted octanol–water partition coefficient (Wildman–Crippen LogP) is 1.99. The molecule has 1 saturated heterocycles. The van der Waals surface area contributed by atoms with Crippen molar-refractivity contribution in [1.82, 2.24) is 14.4 Å². The fourth-order valence-electron chi connectivity index (χ4n) is 3.29. The van der Waals surface area contributed by atoms with Crippen LogP contribution >= 0.6 is 11.3 Å². The van der Waals surface area contributed by atoms with Crippen molar-refractivity contribution in [3.8, 4) is 0 Å². The fourth-order valence-corrected chi connectivity index (χ4v) is 5.51. The molecule has 3 aromatic rings. The van der Waals surface area contributed by atoms with Gasteiger partial charge in [0.2, 0.25) is 10.0 Å². The summed E-state index contributed by atoms with van der Waals surface area (Å²) in [6.07, 6.45) is 1.30. The number of rotatable bonds is 4. The summed E-state index contributed by atoms with van der Waals surface area (Å²) in [4.78, 5) is 4.18. The van der Waals surface area contributed by atoms with E-state index in [0.29, 0.717) is 29.9 Å². The Kier molecular flexibility index (Phi) is 4.11. The van der Waals surface area contributed by atoms with Gasteiger partial charge in [-0.05, 0) is 35.4 Å². The molecule has 7 nitrogen and oxygen atoms in total. The maximum atomic E-state index is 13.0. The molecule has 2 unspecified atom stereocenters. The molecule has 0 spiro atoms. The first-order valence-electron chi connectivity index (χ1n) is 7.86. The molecule has 0 aromatic carbocycles. The van der Waals surface area contributed by atoms with E-state index in [9.17, 15) is 13.5 Å². The molecule has 1 aliphatic heterocycles. The van der Waals surface area contributed by atoms with Gasteiger partial charge < -0.3 is 9.63 Å². The lowest BCUT2D eigenvalue weighted by atomic mass is 9.92. The van der Waals surface area contributed by atoms with Gasteiger partial charge in [-0.15, -0.1) is 0 Å². The van der Waals surface area contributed by atoms with Crippen LogP contribution in [0.3, 0.4) is 0 Å². The van der Waals surface area contributed by atoms with Crippen LogP contribution in [0.5, 0.6) is 0 Å². The molecular formula is C16H17N3O4S2. The number of aromatic nitrogens is 2. The molecule has 4 heterocycles. The molecule has 9 heteroatoms. The SMILES string of the molecule is Cc1noc2ncc(S(=O)(=O)N3CC(CO)C(c4ccsc4)C3)cc12. The van der Waals surface area contributed by atoms with Crippen molar-refractivity contribution in [2.45, 2.75) is 17.7 Å². The van der Waals surface area contributed by atoms with Crippen LogP contribution in [0.15, 0.2) is 38.5 Å². The minimum absolute atomic E-state index is 0.0000402. The van der Waals surface area contributed by atoms with E-state index in [2.05, 4.69) is 10.1 Å². The molecule has 25 heavy (non-hydrogen) atoms. The smallest absolute Gasteiger partial charge is 0.257 e. The topological polar surface area (TPSA) is 96.5 Å². The lowest BCUT2D eigenvalue weighted by Crippen LogP contribution is -2.29. The molecule has 132 valence electrons. The van der Waals surface area contributed by atoms with Crippen molar-refractivity contribution in [3.63, 3.8) is 0 Å². The van der Waals surface area contributed by atoms with E-state index in [0.717, 1.165) is 5.56 Å². The quantitative estimate of drug-likeness (QED) is 0.745. The predicted molar refractivity (Wildman–Crippen MR) is 92.9 cm³/mol. The van der Waals surface area contributed by atoms with E-state index in [1.807, 2.05) is 16.8 Å². The third-order valence-electron chi connectivity index (χ3n) is 4.74. The summed E-state index contributed by atoms with van der Waals surface area (Å²) in [6, 6.07) is 3.54. The summed E-state index contributed by atoms with van der Waals surface area (Å²) in [5, 5.41) is 18.1. The first-order valence-corrected chi connectivity index (χ1v) is 10.2. The summed E-state index contributed by atoms with van der Waals surface area (Å²) in [7, 11) is -3.70. The van der Waals surface area contributed by atoms with Crippen LogP contribution in [-0.4, -0.2) is 47.7 Å². The Balaban J connectivity index is 1.68. The minimum Gasteiger partial charge on any atom is -0.396 e. The number of aryl methyl sites for hydroxylation is 1. The van der Waals surface area contributed by atoms with Crippen LogP contribution < -0.4 is 0 Å². The van der Waals surface area contributed by atoms with Crippen molar-refractivity contribution < 1.29 is 18.0 Å². The largest absolute Gasteiger partial charge is 0.396 e. The van der Waals surface area contributed by atoms with Crippen molar-refractivity contribution >= 4 is 32.5 Å². The summed E-state index contributed by atoms with van der Waals surface area (Å²) in [5.41, 5.74) is 2.00. The average molecular weight is 379 g/mol. The molecule has 3 aromatic heterocycles. The van der Waals surface area contributed by atoms with E-state index < -0.39 is 10.0 Å². The molecule has 0 amide bonds. The highest BCUT2D eigenvalue weighted by molar-refractivity contribution is 7.89. The van der Waals surface area contributed by atoms with E-state index in [4.69, 9.17) is 4.52 Å². The summed E-state index contributed by atoms with van der Waals surface area (Å²) in [6.45, 7) is 2.34. The first-order chi connectivity index (χ1) is 12.0. The zero-order valence-electron chi connectivity index (χ0n) is 13.5. The van der Waals surface area contributed by atoms with E-state index in [1.54, 1.807) is 24.3 Å². The normalized spacial score (nSPS) is 22.0. The highest BCUT2D eigenvalue weighted by Gasteiger charge is 2.40. The Morgan fingerprint density at radius 2 is 2.28 bits per heavy atom. The molecule has 1 N–H and O–H groups in total. The first kappa shape index (κ1) is 16.6. The van der Waals surface area contributed by atoms with E-state index >= 15 is 0 Å². The van der Waals surface area contributed by atoms with Crippen molar-refractivity contribution in [2.75, 3.05) is 19.7 Å². The Labute approximate surface area is 148 Å². The van der Waals surface area contributed by atoms with Crippen LogP contribution in [0.2, 0.25) is 0 Å². The highest BCUT2D eigenvalue weighted by atomic mass is 32.2. The Bertz CT molecular complexity index is 998. The maximum Gasteiger partial charge on any atom is 0.257 e. The lowest BCUT2D eigenvalue weighted by Gasteiger charge is -2.16. The standard InChI is InChI=1S/C16H17N3O4S2/c1-10-14-4-13(5-17-16(14)23-18-10)25(21,22)19-6-12(8-20)15(7-19)11-2-3-24-9-11/h2-5,9,12,15,20H,6-8H2,1H3. The van der Waals surface area contributed by atoms with E-state index in [1.165, 1.54) is 10.5 Å². The number of nitrogens with zero attached hydrogens (tertiary/aromatic N) is 3. The highest BCUT2D eigenvalue weighted by Crippen LogP contribution is 2.36.